The Hall–Kier alpha value is -3.62. The van der Waals surface area contributed by atoms with Crippen LogP contribution in [0.15, 0.2) is 59.6 Å². The number of hydrogen-bond donors (Lipinski definition) is 0. The fourth-order valence-electron chi connectivity index (χ4n) is 2.43. The Morgan fingerprint density at radius 1 is 1.22 bits per heavy atom. The number of benzene rings is 2. The minimum Gasteiger partial charge on any atom is -0.434 e. The maximum absolute atomic E-state index is 12.6. The topological polar surface area (TPSA) is 82.5 Å². The molecule has 1 aromatic heterocycles. The number of aliphatic imine (C=N–C) groups is 1. The largest absolute Gasteiger partial charge is 0.434 e. The van der Waals surface area contributed by atoms with Crippen LogP contribution < -0.4 is 4.74 Å². The maximum Gasteiger partial charge on any atom is 0.387 e. The van der Waals surface area contributed by atoms with Gasteiger partial charge in [-0.2, -0.15) is 13.9 Å². The first-order valence-electron chi connectivity index (χ1n) is 7.83. The van der Waals surface area contributed by atoms with E-state index in [-0.39, 0.29) is 17.0 Å². The van der Waals surface area contributed by atoms with Crippen molar-refractivity contribution in [3.8, 4) is 11.4 Å². The van der Waals surface area contributed by atoms with E-state index in [4.69, 9.17) is 0 Å². The predicted octanol–water partition coefficient (Wildman–Crippen LogP) is 4.44. The van der Waals surface area contributed by atoms with E-state index >= 15 is 0 Å². The van der Waals surface area contributed by atoms with Gasteiger partial charge in [-0.05, 0) is 25.1 Å². The highest BCUT2D eigenvalue weighted by Crippen LogP contribution is 2.26. The molecule has 9 heteroatoms. The maximum atomic E-state index is 12.6. The molecule has 0 amide bonds. The van der Waals surface area contributed by atoms with Gasteiger partial charge in [0.25, 0.3) is 5.69 Å². The van der Waals surface area contributed by atoms with Gasteiger partial charge >= 0.3 is 6.61 Å². The number of aromatic nitrogens is 2. The zero-order valence-electron chi connectivity index (χ0n) is 14.1. The molecule has 0 aliphatic rings. The average molecular weight is 372 g/mol. The summed E-state index contributed by atoms with van der Waals surface area (Å²) < 4.78 is 31.2. The number of halogens is 2. The molecule has 0 spiro atoms. The van der Waals surface area contributed by atoms with E-state index in [0.29, 0.717) is 11.5 Å². The Kier molecular flexibility index (Phi) is 5.20. The Labute approximate surface area is 152 Å². The normalized spacial score (nSPS) is 11.3. The molecular weight excluding hydrogens is 358 g/mol. The van der Waals surface area contributed by atoms with Crippen molar-refractivity contribution in [2.75, 3.05) is 0 Å². The van der Waals surface area contributed by atoms with Gasteiger partial charge in [0.1, 0.15) is 5.75 Å². The third kappa shape index (κ3) is 4.32. The molecule has 0 radical (unpaired) electrons. The van der Waals surface area contributed by atoms with Crippen LogP contribution in [-0.4, -0.2) is 27.5 Å². The number of alkyl halides is 2. The summed E-state index contributed by atoms with van der Waals surface area (Å²) in [5, 5.41) is 15.3. The van der Waals surface area contributed by atoms with Crippen molar-refractivity contribution in [1.29, 1.82) is 0 Å². The first-order chi connectivity index (χ1) is 12.9. The number of nitro benzene ring substituents is 1. The molecule has 0 aliphatic carbocycles. The van der Waals surface area contributed by atoms with Gasteiger partial charge in [-0.25, -0.2) is 9.67 Å². The highest BCUT2D eigenvalue weighted by molar-refractivity contribution is 5.86. The van der Waals surface area contributed by atoms with Gasteiger partial charge in [0.15, 0.2) is 5.82 Å². The molecule has 0 unspecified atom stereocenters. The molecule has 0 bridgehead atoms. The number of rotatable bonds is 6. The molecule has 3 rings (SSSR count). The smallest absolute Gasteiger partial charge is 0.387 e. The van der Waals surface area contributed by atoms with Gasteiger partial charge in [-0.3, -0.25) is 10.1 Å². The molecule has 3 aromatic rings. The van der Waals surface area contributed by atoms with Gasteiger partial charge < -0.3 is 4.74 Å². The van der Waals surface area contributed by atoms with Crippen LogP contribution in [0.25, 0.3) is 5.69 Å². The number of ether oxygens (including phenoxy) is 1. The molecule has 1 heterocycles. The highest BCUT2D eigenvalue weighted by atomic mass is 19.3. The van der Waals surface area contributed by atoms with E-state index in [0.717, 1.165) is 23.9 Å². The number of non-ortho nitro benzene ring substituents is 1. The molecule has 0 aliphatic heterocycles. The van der Waals surface area contributed by atoms with Gasteiger partial charge in [-0.1, -0.05) is 18.2 Å². The van der Waals surface area contributed by atoms with Crippen LogP contribution in [0.1, 0.15) is 11.3 Å². The standard InChI is InChI=1S/C18H14F2N4O3/c1-12-9-17(23(22-12)14-5-3-2-4-6-14)21-11-13-10-15(24(25)26)7-8-16(13)27-18(19)20/h2-11,18H,1H3. The number of aryl methyl sites for hydroxylation is 1. The Bertz CT molecular complexity index is 988. The van der Waals surface area contributed by atoms with Crippen molar-refractivity contribution >= 4 is 17.7 Å². The van der Waals surface area contributed by atoms with E-state index in [1.165, 1.54) is 6.21 Å². The summed E-state index contributed by atoms with van der Waals surface area (Å²) in [4.78, 5) is 14.6. The van der Waals surface area contributed by atoms with Gasteiger partial charge in [0.2, 0.25) is 0 Å². The van der Waals surface area contributed by atoms with Gasteiger partial charge in [0.05, 0.1) is 16.3 Å². The lowest BCUT2D eigenvalue weighted by Crippen LogP contribution is -2.05. The Balaban J connectivity index is 2.01. The fraction of sp³-hybridized carbons (Fsp3) is 0.111. The summed E-state index contributed by atoms with van der Waals surface area (Å²) in [6.07, 6.45) is 1.24. The van der Waals surface area contributed by atoms with Crippen LogP contribution in [-0.2, 0) is 0 Å². The van der Waals surface area contributed by atoms with Crippen LogP contribution in [0.3, 0.4) is 0 Å². The summed E-state index contributed by atoms with van der Waals surface area (Å²) >= 11 is 0. The number of para-hydroxylation sites is 1. The first-order valence-corrected chi connectivity index (χ1v) is 7.83. The lowest BCUT2D eigenvalue weighted by molar-refractivity contribution is -0.384. The van der Waals surface area contributed by atoms with Crippen LogP contribution in [0.2, 0.25) is 0 Å². The van der Waals surface area contributed by atoms with Crippen LogP contribution in [0.5, 0.6) is 5.75 Å². The second-order valence-electron chi connectivity index (χ2n) is 5.51. The molecular formula is C18H14F2N4O3. The predicted molar refractivity (Wildman–Crippen MR) is 95.3 cm³/mol. The minimum atomic E-state index is -3.06. The first kappa shape index (κ1) is 18.2. The quantitative estimate of drug-likeness (QED) is 0.364. The van der Waals surface area contributed by atoms with Crippen molar-refractivity contribution in [2.45, 2.75) is 13.5 Å². The summed E-state index contributed by atoms with van der Waals surface area (Å²) in [5.74, 6) is 0.232. The number of hydrogen-bond acceptors (Lipinski definition) is 5. The molecule has 0 saturated heterocycles. The van der Waals surface area contributed by atoms with Crippen LogP contribution in [0, 0.1) is 17.0 Å². The van der Waals surface area contributed by atoms with Crippen molar-refractivity contribution < 1.29 is 18.4 Å². The monoisotopic (exact) mass is 372 g/mol. The number of nitro groups is 1. The fourth-order valence-corrected chi connectivity index (χ4v) is 2.43. The van der Waals surface area contributed by atoms with E-state index in [2.05, 4.69) is 14.8 Å². The summed E-state index contributed by atoms with van der Waals surface area (Å²) in [6.45, 7) is -1.27. The summed E-state index contributed by atoms with van der Waals surface area (Å²) in [6, 6.07) is 14.3. The average Bonchev–Trinajstić information content (AvgIpc) is 3.01. The van der Waals surface area contributed by atoms with Crippen LogP contribution >= 0.6 is 0 Å². The minimum absolute atomic E-state index is 0.0583. The molecule has 0 saturated carbocycles. The SMILES string of the molecule is Cc1cc(N=Cc2cc([N+](=O)[O-])ccc2OC(F)F)n(-c2ccccc2)n1. The van der Waals surface area contributed by atoms with E-state index < -0.39 is 11.5 Å². The number of nitrogens with zero attached hydrogens (tertiary/aromatic N) is 4. The molecule has 0 fully saturated rings. The molecule has 0 atom stereocenters. The summed E-state index contributed by atoms with van der Waals surface area (Å²) in [5.41, 5.74) is 1.27. The third-order valence-corrected chi connectivity index (χ3v) is 3.57. The van der Waals surface area contributed by atoms with E-state index in [9.17, 15) is 18.9 Å². The molecule has 138 valence electrons. The molecule has 7 nitrogen and oxygen atoms in total. The Morgan fingerprint density at radius 2 is 1.96 bits per heavy atom. The van der Waals surface area contributed by atoms with Crippen molar-refractivity contribution in [3.05, 3.63) is 76.0 Å². The zero-order chi connectivity index (χ0) is 19.4. The molecule has 0 N–H and O–H groups in total. The molecule has 2 aromatic carbocycles. The second-order valence-corrected chi connectivity index (χ2v) is 5.51. The van der Waals surface area contributed by atoms with E-state index in [1.807, 2.05) is 30.3 Å². The highest BCUT2D eigenvalue weighted by Gasteiger charge is 2.14. The molecule has 27 heavy (non-hydrogen) atoms. The second kappa shape index (κ2) is 7.73. The van der Waals surface area contributed by atoms with Crippen molar-refractivity contribution in [1.82, 2.24) is 9.78 Å². The van der Waals surface area contributed by atoms with Crippen molar-refractivity contribution in [3.63, 3.8) is 0 Å². The third-order valence-electron chi connectivity index (χ3n) is 3.57. The van der Waals surface area contributed by atoms with Gasteiger partial charge in [0, 0.05) is 30.0 Å². The van der Waals surface area contributed by atoms with E-state index in [1.54, 1.807) is 17.7 Å². The van der Waals surface area contributed by atoms with Crippen LogP contribution in [0.4, 0.5) is 20.3 Å². The zero-order valence-corrected chi connectivity index (χ0v) is 14.1. The lowest BCUT2D eigenvalue weighted by Gasteiger charge is -2.07. The van der Waals surface area contributed by atoms with Crippen molar-refractivity contribution in [2.24, 2.45) is 4.99 Å². The Morgan fingerprint density at radius 3 is 2.63 bits per heavy atom. The summed E-state index contributed by atoms with van der Waals surface area (Å²) in [7, 11) is 0. The lowest BCUT2D eigenvalue weighted by atomic mass is 10.2. The van der Waals surface area contributed by atoms with Gasteiger partial charge in [-0.15, -0.1) is 0 Å².